The van der Waals surface area contributed by atoms with Crippen molar-refractivity contribution in [2.45, 2.75) is 32.1 Å². The molecule has 4 heteroatoms. The lowest BCUT2D eigenvalue weighted by Gasteiger charge is -2.13. The molecule has 1 N–H and O–H groups in total. The van der Waals surface area contributed by atoms with E-state index in [1.165, 1.54) is 5.56 Å². The minimum absolute atomic E-state index is 0.0105. The van der Waals surface area contributed by atoms with Gasteiger partial charge in [0, 0.05) is 17.3 Å². The Morgan fingerprint density at radius 1 is 1.04 bits per heavy atom. The van der Waals surface area contributed by atoms with E-state index in [1.54, 1.807) is 0 Å². The Kier molecular flexibility index (Phi) is 3.68. The third-order valence-corrected chi connectivity index (χ3v) is 5.01. The number of hydrogen-bond acceptors (Lipinski definition) is 3. The highest BCUT2D eigenvalue weighted by atomic mass is 16.5. The van der Waals surface area contributed by atoms with Gasteiger partial charge in [0.05, 0.1) is 11.1 Å². The number of aryl methyl sites for hydroxylation is 2. The summed E-state index contributed by atoms with van der Waals surface area (Å²) in [5, 5.41) is 7.22. The van der Waals surface area contributed by atoms with Crippen LogP contribution in [0.5, 0.6) is 0 Å². The normalized spacial score (nSPS) is 15.0. The fourth-order valence-corrected chi connectivity index (χ4v) is 3.03. The zero-order valence-corrected chi connectivity index (χ0v) is 14.4. The largest absolute Gasteiger partial charge is 0.356 e. The molecule has 1 amide bonds. The van der Waals surface area contributed by atoms with E-state index in [-0.39, 0.29) is 5.91 Å². The van der Waals surface area contributed by atoms with Crippen molar-refractivity contribution in [3.63, 3.8) is 0 Å². The maximum absolute atomic E-state index is 12.8. The first-order valence-corrected chi connectivity index (χ1v) is 8.50. The van der Waals surface area contributed by atoms with Crippen molar-refractivity contribution < 1.29 is 9.32 Å². The number of hydrogen-bond donors (Lipinski definition) is 1. The summed E-state index contributed by atoms with van der Waals surface area (Å²) in [5.74, 6) is 0.685. The molecule has 1 fully saturated rings. The van der Waals surface area contributed by atoms with Gasteiger partial charge in [-0.1, -0.05) is 41.6 Å². The Labute approximate surface area is 146 Å². The predicted octanol–water partition coefficient (Wildman–Crippen LogP) is 4.63. The van der Waals surface area contributed by atoms with E-state index >= 15 is 0 Å². The SMILES string of the molecule is Cc1ccc(NC(=O)C2(c3cc(-c4ccccc4)on3)CC2)cc1C. The van der Waals surface area contributed by atoms with Crippen molar-refractivity contribution in [2.75, 3.05) is 5.32 Å². The van der Waals surface area contributed by atoms with Crippen molar-refractivity contribution in [1.29, 1.82) is 0 Å². The van der Waals surface area contributed by atoms with Crippen molar-refractivity contribution in [1.82, 2.24) is 5.16 Å². The van der Waals surface area contributed by atoms with Gasteiger partial charge in [-0.05, 0) is 49.9 Å². The number of aromatic nitrogens is 1. The summed E-state index contributed by atoms with van der Waals surface area (Å²) in [7, 11) is 0. The van der Waals surface area contributed by atoms with Crippen LogP contribution in [-0.4, -0.2) is 11.1 Å². The van der Waals surface area contributed by atoms with Crippen LogP contribution in [0.25, 0.3) is 11.3 Å². The van der Waals surface area contributed by atoms with Crippen LogP contribution in [-0.2, 0) is 10.2 Å². The molecule has 0 aliphatic heterocycles. The van der Waals surface area contributed by atoms with Crippen LogP contribution in [0.4, 0.5) is 5.69 Å². The molecule has 3 aromatic rings. The second-order valence-electron chi connectivity index (χ2n) is 6.78. The van der Waals surface area contributed by atoms with E-state index < -0.39 is 5.41 Å². The first-order valence-electron chi connectivity index (χ1n) is 8.50. The number of amides is 1. The second-order valence-corrected chi connectivity index (χ2v) is 6.78. The van der Waals surface area contributed by atoms with Crippen LogP contribution < -0.4 is 5.32 Å². The van der Waals surface area contributed by atoms with Crippen molar-refractivity contribution >= 4 is 11.6 Å². The molecule has 4 nitrogen and oxygen atoms in total. The van der Waals surface area contributed by atoms with Gasteiger partial charge in [-0.25, -0.2) is 0 Å². The fourth-order valence-electron chi connectivity index (χ4n) is 3.03. The quantitative estimate of drug-likeness (QED) is 0.758. The van der Waals surface area contributed by atoms with Crippen LogP contribution in [0.15, 0.2) is 59.1 Å². The first kappa shape index (κ1) is 15.6. The molecule has 1 aliphatic rings. The standard InChI is InChI=1S/C21H20N2O2/c1-14-8-9-17(12-15(14)2)22-20(24)21(10-11-21)19-13-18(25-23-19)16-6-4-3-5-7-16/h3-9,12-13H,10-11H2,1-2H3,(H,22,24). The van der Waals surface area contributed by atoms with Gasteiger partial charge >= 0.3 is 0 Å². The number of nitrogens with one attached hydrogen (secondary N) is 1. The molecule has 4 rings (SSSR count). The highest BCUT2D eigenvalue weighted by Crippen LogP contribution is 2.49. The van der Waals surface area contributed by atoms with Gasteiger partial charge in [0.25, 0.3) is 0 Å². The van der Waals surface area contributed by atoms with Crippen LogP contribution in [0.2, 0.25) is 0 Å². The summed E-state index contributed by atoms with van der Waals surface area (Å²) in [5.41, 5.74) is 4.32. The van der Waals surface area contributed by atoms with Gasteiger partial charge < -0.3 is 9.84 Å². The molecule has 2 aromatic carbocycles. The molecule has 0 spiro atoms. The maximum Gasteiger partial charge on any atom is 0.236 e. The van der Waals surface area contributed by atoms with Crippen molar-refractivity contribution in [3.8, 4) is 11.3 Å². The number of benzene rings is 2. The van der Waals surface area contributed by atoms with Crippen molar-refractivity contribution in [3.05, 3.63) is 71.4 Å². The van der Waals surface area contributed by atoms with Gasteiger partial charge in [0.15, 0.2) is 5.76 Å². The van der Waals surface area contributed by atoms with Crippen molar-refractivity contribution in [2.24, 2.45) is 0 Å². The Morgan fingerprint density at radius 3 is 2.48 bits per heavy atom. The van der Waals surface area contributed by atoms with Crippen LogP contribution in [0.1, 0.15) is 29.7 Å². The van der Waals surface area contributed by atoms with Crippen LogP contribution >= 0.6 is 0 Å². The number of carbonyl (C=O) groups is 1. The molecule has 25 heavy (non-hydrogen) atoms. The number of rotatable bonds is 4. The van der Waals surface area contributed by atoms with E-state index in [0.29, 0.717) is 11.5 Å². The molecular formula is C21H20N2O2. The van der Waals surface area contributed by atoms with Gasteiger partial charge in [-0.2, -0.15) is 0 Å². The molecule has 1 saturated carbocycles. The summed E-state index contributed by atoms with van der Waals surface area (Å²) in [6, 6.07) is 17.7. The van der Waals surface area contributed by atoms with E-state index in [0.717, 1.165) is 29.7 Å². The molecule has 0 atom stereocenters. The molecule has 0 saturated heterocycles. The minimum Gasteiger partial charge on any atom is -0.356 e. The second kappa shape index (κ2) is 5.88. The van der Waals surface area contributed by atoms with Gasteiger partial charge in [-0.3, -0.25) is 4.79 Å². The lowest BCUT2D eigenvalue weighted by atomic mass is 10.00. The topological polar surface area (TPSA) is 55.1 Å². The number of carbonyl (C=O) groups excluding carboxylic acids is 1. The highest BCUT2D eigenvalue weighted by Gasteiger charge is 2.53. The minimum atomic E-state index is -0.560. The molecule has 0 unspecified atom stereocenters. The molecule has 1 aliphatic carbocycles. The number of anilines is 1. The van der Waals surface area contributed by atoms with Crippen LogP contribution in [0.3, 0.4) is 0 Å². The average molecular weight is 332 g/mol. The molecule has 126 valence electrons. The first-order chi connectivity index (χ1) is 12.1. The van der Waals surface area contributed by atoms with E-state index in [1.807, 2.05) is 61.5 Å². The molecule has 0 bridgehead atoms. The summed E-state index contributed by atoms with van der Waals surface area (Å²) in [4.78, 5) is 12.8. The summed E-state index contributed by atoms with van der Waals surface area (Å²) < 4.78 is 5.48. The third-order valence-electron chi connectivity index (χ3n) is 5.01. The molecule has 1 heterocycles. The highest BCUT2D eigenvalue weighted by molar-refractivity contribution is 6.01. The molecule has 0 radical (unpaired) electrons. The van der Waals surface area contributed by atoms with E-state index in [4.69, 9.17) is 4.52 Å². The van der Waals surface area contributed by atoms with Crippen LogP contribution in [0, 0.1) is 13.8 Å². The Bertz CT molecular complexity index is 924. The monoisotopic (exact) mass is 332 g/mol. The molecular weight excluding hydrogens is 312 g/mol. The maximum atomic E-state index is 12.8. The third kappa shape index (κ3) is 2.84. The zero-order valence-electron chi connectivity index (χ0n) is 14.4. The zero-order chi connectivity index (χ0) is 17.4. The average Bonchev–Trinajstić information content (AvgIpc) is 3.29. The van der Waals surface area contributed by atoms with Gasteiger partial charge in [-0.15, -0.1) is 0 Å². The Hall–Kier alpha value is -2.88. The lowest BCUT2D eigenvalue weighted by molar-refractivity contribution is -0.118. The summed E-state index contributed by atoms with van der Waals surface area (Å²) in [6.45, 7) is 4.10. The number of nitrogens with zero attached hydrogens (tertiary/aromatic N) is 1. The fraction of sp³-hybridized carbons (Fsp3) is 0.238. The van der Waals surface area contributed by atoms with E-state index in [9.17, 15) is 4.79 Å². The Balaban J connectivity index is 1.56. The van der Waals surface area contributed by atoms with Gasteiger partial charge in [0.2, 0.25) is 5.91 Å². The molecule has 1 aromatic heterocycles. The summed E-state index contributed by atoms with van der Waals surface area (Å²) in [6.07, 6.45) is 1.59. The van der Waals surface area contributed by atoms with Gasteiger partial charge in [0.1, 0.15) is 0 Å². The Morgan fingerprint density at radius 2 is 1.80 bits per heavy atom. The summed E-state index contributed by atoms with van der Waals surface area (Å²) >= 11 is 0. The smallest absolute Gasteiger partial charge is 0.236 e. The predicted molar refractivity (Wildman–Crippen MR) is 97.4 cm³/mol. The van der Waals surface area contributed by atoms with E-state index in [2.05, 4.69) is 17.4 Å². The lowest BCUT2D eigenvalue weighted by Crippen LogP contribution is -2.28.